The second kappa shape index (κ2) is 6.33. The molecule has 2 aliphatic heterocycles. The summed E-state index contributed by atoms with van der Waals surface area (Å²) >= 11 is 0. The van der Waals surface area contributed by atoms with E-state index in [1.165, 1.54) is 6.20 Å². The summed E-state index contributed by atoms with van der Waals surface area (Å²) in [5, 5.41) is 6.82. The standard InChI is InChI=1S/C18H19N5O4/c24-14-9-26-17-12(20-14)7-11(8-19-17)18(25)23-6-2-1-3-13(23)15-21-16(27-22-15)10-4-5-10/h7-8,10,13H,1-6,9H2,(H,20,24). The number of hydrogen-bond acceptors (Lipinski definition) is 7. The van der Waals surface area contributed by atoms with Gasteiger partial charge in [0.05, 0.1) is 11.6 Å². The summed E-state index contributed by atoms with van der Waals surface area (Å²) in [6.45, 7) is 0.555. The van der Waals surface area contributed by atoms with Gasteiger partial charge in [-0.1, -0.05) is 5.16 Å². The highest BCUT2D eigenvalue weighted by atomic mass is 16.5. The third-order valence-electron chi connectivity index (χ3n) is 5.16. The van der Waals surface area contributed by atoms with Crippen molar-refractivity contribution < 1.29 is 18.8 Å². The van der Waals surface area contributed by atoms with Gasteiger partial charge in [0, 0.05) is 18.7 Å². The molecule has 1 saturated heterocycles. The van der Waals surface area contributed by atoms with Crippen LogP contribution in [0.1, 0.15) is 66.1 Å². The first-order chi connectivity index (χ1) is 13.2. The predicted molar refractivity (Wildman–Crippen MR) is 92.3 cm³/mol. The third-order valence-corrected chi connectivity index (χ3v) is 5.16. The molecule has 27 heavy (non-hydrogen) atoms. The molecule has 1 unspecified atom stereocenters. The Morgan fingerprint density at radius 3 is 3.00 bits per heavy atom. The first kappa shape index (κ1) is 16.2. The Bertz CT molecular complexity index is 907. The van der Waals surface area contributed by atoms with Crippen molar-refractivity contribution in [3.63, 3.8) is 0 Å². The Morgan fingerprint density at radius 1 is 1.26 bits per heavy atom. The topological polar surface area (TPSA) is 110 Å². The molecule has 2 aromatic heterocycles. The maximum atomic E-state index is 13.2. The molecule has 2 aromatic rings. The van der Waals surface area contributed by atoms with Gasteiger partial charge in [-0.25, -0.2) is 4.98 Å². The van der Waals surface area contributed by atoms with Crippen LogP contribution >= 0.6 is 0 Å². The van der Waals surface area contributed by atoms with Crippen molar-refractivity contribution >= 4 is 17.5 Å². The van der Waals surface area contributed by atoms with Gasteiger partial charge in [-0.2, -0.15) is 4.98 Å². The van der Waals surface area contributed by atoms with E-state index in [4.69, 9.17) is 9.26 Å². The Kier molecular flexibility index (Phi) is 3.80. The summed E-state index contributed by atoms with van der Waals surface area (Å²) in [6, 6.07) is 1.41. The van der Waals surface area contributed by atoms with Gasteiger partial charge in [0.15, 0.2) is 12.4 Å². The van der Waals surface area contributed by atoms with Gasteiger partial charge in [-0.05, 0) is 38.2 Å². The maximum absolute atomic E-state index is 13.2. The minimum atomic E-state index is -0.260. The van der Waals surface area contributed by atoms with Crippen LogP contribution < -0.4 is 10.1 Å². The molecule has 3 aliphatic rings. The van der Waals surface area contributed by atoms with E-state index in [9.17, 15) is 9.59 Å². The average Bonchev–Trinajstić information content (AvgIpc) is 3.43. The largest absolute Gasteiger partial charge is 0.466 e. The van der Waals surface area contributed by atoms with Gasteiger partial charge in [-0.3, -0.25) is 9.59 Å². The predicted octanol–water partition coefficient (Wildman–Crippen LogP) is 2.04. The third kappa shape index (κ3) is 3.02. The molecule has 0 bridgehead atoms. The number of ether oxygens (including phenoxy) is 1. The monoisotopic (exact) mass is 369 g/mol. The summed E-state index contributed by atoms with van der Waals surface area (Å²) in [5.41, 5.74) is 0.818. The number of carbonyl (C=O) groups is 2. The molecular formula is C18H19N5O4. The van der Waals surface area contributed by atoms with E-state index in [2.05, 4.69) is 20.4 Å². The molecule has 4 heterocycles. The number of piperidine rings is 1. The second-order valence-electron chi connectivity index (χ2n) is 7.19. The summed E-state index contributed by atoms with van der Waals surface area (Å²) < 4.78 is 10.6. The van der Waals surface area contributed by atoms with E-state index >= 15 is 0 Å². The summed E-state index contributed by atoms with van der Waals surface area (Å²) in [7, 11) is 0. The van der Waals surface area contributed by atoms with E-state index in [1.54, 1.807) is 11.0 Å². The zero-order chi connectivity index (χ0) is 18.4. The Morgan fingerprint density at radius 2 is 2.15 bits per heavy atom. The van der Waals surface area contributed by atoms with Gasteiger partial charge in [0.1, 0.15) is 5.69 Å². The van der Waals surface area contributed by atoms with Crippen LogP contribution in [0.25, 0.3) is 0 Å². The number of pyridine rings is 1. The summed E-state index contributed by atoms with van der Waals surface area (Å²) in [4.78, 5) is 35.2. The van der Waals surface area contributed by atoms with E-state index < -0.39 is 0 Å². The van der Waals surface area contributed by atoms with Crippen LogP contribution in [-0.2, 0) is 4.79 Å². The lowest BCUT2D eigenvalue weighted by atomic mass is 10.0. The molecule has 0 radical (unpaired) electrons. The number of carbonyl (C=O) groups excluding carboxylic acids is 2. The number of rotatable bonds is 3. The van der Waals surface area contributed by atoms with E-state index in [1.807, 2.05) is 0 Å². The Balaban J connectivity index is 1.41. The smallest absolute Gasteiger partial charge is 0.262 e. The minimum absolute atomic E-state index is 0.0668. The first-order valence-electron chi connectivity index (χ1n) is 9.26. The normalized spacial score (nSPS) is 22.0. The molecule has 9 nitrogen and oxygen atoms in total. The maximum Gasteiger partial charge on any atom is 0.262 e. The fourth-order valence-corrected chi connectivity index (χ4v) is 3.58. The fourth-order valence-electron chi connectivity index (χ4n) is 3.58. The molecule has 0 aromatic carbocycles. The van der Waals surface area contributed by atoms with Crippen LogP contribution in [0.4, 0.5) is 5.69 Å². The first-order valence-corrected chi connectivity index (χ1v) is 9.26. The van der Waals surface area contributed by atoms with Crippen LogP contribution in [0.2, 0.25) is 0 Å². The average molecular weight is 369 g/mol. The highest BCUT2D eigenvalue weighted by Crippen LogP contribution is 2.40. The zero-order valence-corrected chi connectivity index (χ0v) is 14.7. The lowest BCUT2D eigenvalue weighted by Crippen LogP contribution is -2.39. The van der Waals surface area contributed by atoms with Crippen molar-refractivity contribution in [2.24, 2.45) is 0 Å². The quantitative estimate of drug-likeness (QED) is 0.881. The molecule has 2 fully saturated rings. The van der Waals surface area contributed by atoms with Gasteiger partial charge in [-0.15, -0.1) is 0 Å². The molecular weight excluding hydrogens is 350 g/mol. The Labute approximate surface area is 155 Å². The number of hydrogen-bond donors (Lipinski definition) is 1. The van der Waals surface area contributed by atoms with Crippen molar-refractivity contribution in [1.82, 2.24) is 20.0 Å². The SMILES string of the molecule is O=C1COc2ncc(C(=O)N3CCCCC3c3noc(C4CC4)n3)cc2N1. The molecule has 1 aliphatic carbocycles. The minimum Gasteiger partial charge on any atom is -0.466 e. The highest BCUT2D eigenvalue weighted by molar-refractivity contribution is 5.99. The van der Waals surface area contributed by atoms with Crippen molar-refractivity contribution in [2.75, 3.05) is 18.5 Å². The number of likely N-dealkylation sites (tertiary alicyclic amines) is 1. The Hall–Kier alpha value is -2.97. The number of nitrogens with one attached hydrogen (secondary N) is 1. The lowest BCUT2D eigenvalue weighted by Gasteiger charge is -2.34. The zero-order valence-electron chi connectivity index (χ0n) is 14.7. The van der Waals surface area contributed by atoms with E-state index in [0.717, 1.165) is 32.1 Å². The van der Waals surface area contributed by atoms with Crippen molar-refractivity contribution in [3.8, 4) is 5.88 Å². The summed E-state index contributed by atoms with van der Waals surface area (Å²) in [6.07, 6.45) is 6.39. The molecule has 0 spiro atoms. The van der Waals surface area contributed by atoms with Gasteiger partial charge >= 0.3 is 0 Å². The molecule has 1 atom stereocenters. The number of aromatic nitrogens is 3. The number of amides is 2. The van der Waals surface area contributed by atoms with Crippen molar-refractivity contribution in [3.05, 3.63) is 29.5 Å². The van der Waals surface area contributed by atoms with Crippen LogP contribution in [-0.4, -0.2) is 45.0 Å². The molecule has 2 amide bonds. The fraction of sp³-hybridized carbons (Fsp3) is 0.500. The molecule has 9 heteroatoms. The van der Waals surface area contributed by atoms with E-state index in [0.29, 0.717) is 41.3 Å². The van der Waals surface area contributed by atoms with Crippen LogP contribution in [0.15, 0.2) is 16.8 Å². The van der Waals surface area contributed by atoms with Crippen LogP contribution in [0.5, 0.6) is 5.88 Å². The second-order valence-corrected chi connectivity index (χ2v) is 7.19. The van der Waals surface area contributed by atoms with Gasteiger partial charge in [0.25, 0.3) is 11.8 Å². The number of fused-ring (bicyclic) bond motifs is 1. The molecule has 1 N–H and O–H groups in total. The molecule has 1 saturated carbocycles. The van der Waals surface area contributed by atoms with Crippen LogP contribution in [0.3, 0.4) is 0 Å². The van der Waals surface area contributed by atoms with Crippen molar-refractivity contribution in [2.45, 2.75) is 44.1 Å². The summed E-state index contributed by atoms with van der Waals surface area (Å²) in [5.74, 6) is 1.54. The van der Waals surface area contributed by atoms with Crippen LogP contribution in [0, 0.1) is 0 Å². The molecule has 5 rings (SSSR count). The van der Waals surface area contributed by atoms with Gasteiger partial charge in [0.2, 0.25) is 11.8 Å². The highest BCUT2D eigenvalue weighted by Gasteiger charge is 2.35. The van der Waals surface area contributed by atoms with E-state index in [-0.39, 0.29) is 24.5 Å². The molecule has 140 valence electrons. The number of anilines is 1. The number of nitrogens with zero attached hydrogens (tertiary/aromatic N) is 4. The van der Waals surface area contributed by atoms with Crippen molar-refractivity contribution in [1.29, 1.82) is 0 Å². The lowest BCUT2D eigenvalue weighted by molar-refractivity contribution is -0.118. The van der Waals surface area contributed by atoms with Gasteiger partial charge < -0.3 is 19.5 Å².